The number of nitro groups is 1. The molecule has 1 aliphatic rings. The van der Waals surface area contributed by atoms with Gasteiger partial charge in [-0.2, -0.15) is 0 Å². The van der Waals surface area contributed by atoms with Gasteiger partial charge >= 0.3 is 0 Å². The molecule has 1 N–H and O–H groups in total. The summed E-state index contributed by atoms with van der Waals surface area (Å²) < 4.78 is 5.22. The standard InChI is InChI=1S/C13H15N3O5/c1-8(2)14-12(17)6-15-10-5-9(16(19)20)3-4-11(10)21-7-13(15)18/h3-5,8H,6-7H2,1-2H3,(H,14,17). The Bertz CT molecular complexity index is 599. The van der Waals surface area contributed by atoms with Gasteiger partial charge in [-0.25, -0.2) is 0 Å². The van der Waals surface area contributed by atoms with Gasteiger partial charge in [0.25, 0.3) is 11.6 Å². The Morgan fingerprint density at radius 3 is 2.86 bits per heavy atom. The van der Waals surface area contributed by atoms with Gasteiger partial charge in [0.1, 0.15) is 12.3 Å². The summed E-state index contributed by atoms with van der Waals surface area (Å²) in [6.45, 7) is 3.21. The van der Waals surface area contributed by atoms with E-state index in [-0.39, 0.29) is 36.5 Å². The lowest BCUT2D eigenvalue weighted by molar-refractivity contribution is -0.384. The van der Waals surface area contributed by atoms with Crippen molar-refractivity contribution in [1.29, 1.82) is 0 Å². The van der Waals surface area contributed by atoms with Crippen molar-refractivity contribution in [2.75, 3.05) is 18.1 Å². The number of amides is 2. The third kappa shape index (κ3) is 3.28. The molecule has 0 saturated carbocycles. The molecule has 0 spiro atoms. The quantitative estimate of drug-likeness (QED) is 0.655. The van der Waals surface area contributed by atoms with Crippen LogP contribution < -0.4 is 15.0 Å². The molecule has 0 unspecified atom stereocenters. The first-order valence-electron chi connectivity index (χ1n) is 6.39. The smallest absolute Gasteiger partial charge is 0.271 e. The molecule has 0 aliphatic carbocycles. The number of nitrogens with one attached hydrogen (secondary N) is 1. The van der Waals surface area contributed by atoms with Crippen molar-refractivity contribution in [2.24, 2.45) is 0 Å². The Balaban J connectivity index is 2.30. The second-order valence-electron chi connectivity index (χ2n) is 4.90. The summed E-state index contributed by atoms with van der Waals surface area (Å²) in [4.78, 5) is 35.2. The van der Waals surface area contributed by atoms with Gasteiger partial charge in [-0.3, -0.25) is 24.6 Å². The normalized spacial score (nSPS) is 13.7. The molecule has 0 radical (unpaired) electrons. The Labute approximate surface area is 120 Å². The molecule has 1 heterocycles. The fraction of sp³-hybridized carbons (Fsp3) is 0.385. The summed E-state index contributed by atoms with van der Waals surface area (Å²) in [5.41, 5.74) is 0.0701. The van der Waals surface area contributed by atoms with Crippen LogP contribution in [0, 0.1) is 10.1 Å². The van der Waals surface area contributed by atoms with Crippen LogP contribution in [0.4, 0.5) is 11.4 Å². The highest BCUT2D eigenvalue weighted by Crippen LogP contribution is 2.34. The maximum Gasteiger partial charge on any atom is 0.271 e. The number of fused-ring (bicyclic) bond motifs is 1. The van der Waals surface area contributed by atoms with Gasteiger partial charge in [-0.15, -0.1) is 0 Å². The third-order valence-electron chi connectivity index (χ3n) is 2.85. The predicted molar refractivity (Wildman–Crippen MR) is 74.2 cm³/mol. The minimum absolute atomic E-state index is 0.0572. The van der Waals surface area contributed by atoms with Gasteiger partial charge in [0.15, 0.2) is 6.61 Å². The topological polar surface area (TPSA) is 102 Å². The van der Waals surface area contributed by atoms with Crippen LogP contribution in [0.1, 0.15) is 13.8 Å². The summed E-state index contributed by atoms with van der Waals surface area (Å²) in [6.07, 6.45) is 0. The van der Waals surface area contributed by atoms with Crippen LogP contribution >= 0.6 is 0 Å². The number of rotatable bonds is 4. The number of hydrogen-bond donors (Lipinski definition) is 1. The molecule has 0 saturated heterocycles. The maximum absolute atomic E-state index is 11.9. The molecule has 1 aromatic carbocycles. The average molecular weight is 293 g/mol. The average Bonchev–Trinajstić information content (AvgIpc) is 2.40. The monoisotopic (exact) mass is 293 g/mol. The molecule has 0 fully saturated rings. The Morgan fingerprint density at radius 2 is 2.24 bits per heavy atom. The lowest BCUT2D eigenvalue weighted by Gasteiger charge is -2.28. The highest BCUT2D eigenvalue weighted by atomic mass is 16.6. The first-order chi connectivity index (χ1) is 9.88. The van der Waals surface area contributed by atoms with Gasteiger partial charge < -0.3 is 10.1 Å². The summed E-state index contributed by atoms with van der Waals surface area (Å²) in [5, 5.41) is 13.5. The largest absolute Gasteiger partial charge is 0.482 e. The van der Waals surface area contributed by atoms with Crippen LogP contribution in [0.15, 0.2) is 18.2 Å². The molecule has 2 amide bonds. The van der Waals surface area contributed by atoms with Crippen molar-refractivity contribution in [3.05, 3.63) is 28.3 Å². The lowest BCUT2D eigenvalue weighted by atomic mass is 10.2. The molecule has 0 aromatic heterocycles. The van der Waals surface area contributed by atoms with Gasteiger partial charge in [0.2, 0.25) is 5.91 Å². The van der Waals surface area contributed by atoms with Gasteiger partial charge in [-0.05, 0) is 19.9 Å². The van der Waals surface area contributed by atoms with Gasteiger partial charge in [0.05, 0.1) is 10.6 Å². The molecule has 1 aromatic rings. The Morgan fingerprint density at radius 1 is 1.52 bits per heavy atom. The van der Waals surface area contributed by atoms with Gasteiger partial charge in [-0.1, -0.05) is 0 Å². The second-order valence-corrected chi connectivity index (χ2v) is 4.90. The van der Waals surface area contributed by atoms with Crippen molar-refractivity contribution < 1.29 is 19.2 Å². The summed E-state index contributed by atoms with van der Waals surface area (Å²) in [6, 6.07) is 3.89. The number of ether oxygens (including phenoxy) is 1. The predicted octanol–water partition coefficient (Wildman–Crippen LogP) is 0.845. The fourth-order valence-electron chi connectivity index (χ4n) is 1.99. The highest BCUT2D eigenvalue weighted by Gasteiger charge is 2.29. The van der Waals surface area contributed by atoms with Crippen LogP contribution in [0.5, 0.6) is 5.75 Å². The minimum atomic E-state index is -0.564. The third-order valence-corrected chi connectivity index (χ3v) is 2.85. The van der Waals surface area contributed by atoms with Crippen LogP contribution in [0.2, 0.25) is 0 Å². The molecule has 8 heteroatoms. The van der Waals surface area contributed by atoms with E-state index >= 15 is 0 Å². The van der Waals surface area contributed by atoms with E-state index < -0.39 is 10.8 Å². The number of anilines is 1. The van der Waals surface area contributed by atoms with Crippen LogP contribution in [0.25, 0.3) is 0 Å². The zero-order chi connectivity index (χ0) is 15.6. The summed E-state index contributed by atoms with van der Waals surface area (Å²) >= 11 is 0. The molecule has 112 valence electrons. The highest BCUT2D eigenvalue weighted by molar-refractivity contribution is 6.02. The molecule has 2 rings (SSSR count). The summed E-state index contributed by atoms with van der Waals surface area (Å²) in [5.74, 6) is -0.405. The Hall–Kier alpha value is -2.64. The molecular formula is C13H15N3O5. The van der Waals surface area contributed by atoms with Gasteiger partial charge in [0, 0.05) is 18.2 Å². The van der Waals surface area contributed by atoms with E-state index in [1.807, 2.05) is 0 Å². The van der Waals surface area contributed by atoms with Crippen molar-refractivity contribution in [3.8, 4) is 5.75 Å². The number of hydrogen-bond acceptors (Lipinski definition) is 5. The number of non-ortho nitro benzene ring substituents is 1. The van der Waals surface area contributed by atoms with Crippen LogP contribution in [-0.2, 0) is 9.59 Å². The van der Waals surface area contributed by atoms with E-state index in [1.54, 1.807) is 13.8 Å². The zero-order valence-corrected chi connectivity index (χ0v) is 11.7. The maximum atomic E-state index is 11.9. The molecule has 0 bridgehead atoms. The number of carbonyl (C=O) groups excluding carboxylic acids is 2. The minimum Gasteiger partial charge on any atom is -0.482 e. The SMILES string of the molecule is CC(C)NC(=O)CN1C(=O)COc2ccc([N+](=O)[O-])cc21. The van der Waals surface area contributed by atoms with Crippen LogP contribution in [0.3, 0.4) is 0 Å². The molecule has 21 heavy (non-hydrogen) atoms. The van der Waals surface area contributed by atoms with E-state index in [4.69, 9.17) is 4.74 Å². The molecular weight excluding hydrogens is 278 g/mol. The van der Waals surface area contributed by atoms with E-state index in [9.17, 15) is 19.7 Å². The van der Waals surface area contributed by atoms with Crippen molar-refractivity contribution >= 4 is 23.2 Å². The lowest BCUT2D eigenvalue weighted by Crippen LogP contribution is -2.46. The van der Waals surface area contributed by atoms with Crippen LogP contribution in [-0.4, -0.2) is 35.9 Å². The van der Waals surface area contributed by atoms with Crippen molar-refractivity contribution in [1.82, 2.24) is 5.32 Å². The van der Waals surface area contributed by atoms with Crippen molar-refractivity contribution in [2.45, 2.75) is 19.9 Å². The number of nitrogens with zero attached hydrogens (tertiary/aromatic N) is 2. The van der Waals surface area contributed by atoms with E-state index in [0.29, 0.717) is 5.75 Å². The van der Waals surface area contributed by atoms with E-state index in [0.717, 1.165) is 0 Å². The zero-order valence-electron chi connectivity index (χ0n) is 11.7. The first-order valence-corrected chi connectivity index (χ1v) is 6.39. The summed E-state index contributed by atoms with van der Waals surface area (Å²) in [7, 11) is 0. The Kier molecular flexibility index (Phi) is 4.06. The number of carbonyl (C=O) groups is 2. The number of nitro benzene ring substituents is 1. The van der Waals surface area contributed by atoms with Crippen molar-refractivity contribution in [3.63, 3.8) is 0 Å². The number of benzene rings is 1. The molecule has 1 aliphatic heterocycles. The fourth-order valence-corrected chi connectivity index (χ4v) is 1.99. The molecule has 0 atom stereocenters. The first kappa shape index (κ1) is 14.8. The molecule has 8 nitrogen and oxygen atoms in total. The van der Waals surface area contributed by atoms with E-state index in [2.05, 4.69) is 5.32 Å². The van der Waals surface area contributed by atoms with E-state index in [1.165, 1.54) is 23.1 Å². The second kappa shape index (κ2) is 5.78.